The first kappa shape index (κ1) is 19.4. The third-order valence-corrected chi connectivity index (χ3v) is 6.34. The topological polar surface area (TPSA) is 95.6 Å². The van der Waals surface area contributed by atoms with Crippen molar-refractivity contribution in [2.24, 2.45) is 0 Å². The molecule has 0 saturated heterocycles. The molecule has 0 aliphatic carbocycles. The second-order valence-electron chi connectivity index (χ2n) is 7.59. The van der Waals surface area contributed by atoms with Crippen LogP contribution in [0, 0.1) is 0 Å². The number of aromatic amines is 1. The molecule has 0 unspecified atom stereocenters. The molecule has 3 aromatic carbocycles. The third-order valence-electron chi connectivity index (χ3n) is 5.40. The lowest BCUT2D eigenvalue weighted by molar-refractivity contribution is 0.0950. The first-order chi connectivity index (χ1) is 16.2. The third kappa shape index (κ3) is 3.77. The molecule has 0 radical (unpaired) electrons. The van der Waals surface area contributed by atoms with Crippen LogP contribution in [0.3, 0.4) is 0 Å². The molecule has 6 aromatic rings. The van der Waals surface area contributed by atoms with Gasteiger partial charge in [-0.05, 0) is 41.8 Å². The minimum atomic E-state index is -0.156. The van der Waals surface area contributed by atoms with Crippen molar-refractivity contribution < 1.29 is 4.79 Å². The average Bonchev–Trinajstić information content (AvgIpc) is 3.45. The summed E-state index contributed by atoms with van der Waals surface area (Å²) in [5.41, 5.74) is 3.25. The number of imidazole rings is 1. The summed E-state index contributed by atoms with van der Waals surface area (Å²) in [4.78, 5) is 29.6. The number of benzene rings is 3. The molecule has 0 bridgehead atoms. The zero-order valence-corrected chi connectivity index (χ0v) is 18.2. The molecule has 3 aromatic heterocycles. The molecule has 6 rings (SSSR count). The first-order valence-electron chi connectivity index (χ1n) is 10.5. The predicted molar refractivity (Wildman–Crippen MR) is 132 cm³/mol. The fourth-order valence-corrected chi connectivity index (χ4v) is 4.70. The van der Waals surface area contributed by atoms with Crippen LogP contribution in [0.2, 0.25) is 0 Å². The predicted octanol–water partition coefficient (Wildman–Crippen LogP) is 5.39. The highest BCUT2D eigenvalue weighted by Crippen LogP contribution is 2.31. The van der Waals surface area contributed by atoms with Crippen LogP contribution in [0.4, 0.5) is 10.9 Å². The fraction of sp³-hybridized carbons (Fsp3) is 0.0400. The molecular weight excluding hydrogens is 432 g/mol. The van der Waals surface area contributed by atoms with Crippen LogP contribution >= 0.6 is 11.3 Å². The maximum Gasteiger partial charge on any atom is 0.251 e. The largest absolute Gasteiger partial charge is 0.345 e. The highest BCUT2D eigenvalue weighted by Gasteiger charge is 2.12. The quantitative estimate of drug-likeness (QED) is 0.327. The highest BCUT2D eigenvalue weighted by atomic mass is 32.1. The van der Waals surface area contributed by atoms with Gasteiger partial charge in [-0.15, -0.1) is 0 Å². The van der Waals surface area contributed by atoms with E-state index in [1.165, 1.54) is 11.3 Å². The molecule has 33 heavy (non-hydrogen) atoms. The number of H-pyrrole nitrogens is 1. The molecule has 3 N–H and O–H groups in total. The number of para-hydroxylation sites is 2. The Morgan fingerprint density at radius 1 is 0.939 bits per heavy atom. The van der Waals surface area contributed by atoms with Gasteiger partial charge in [0.1, 0.15) is 11.6 Å². The second-order valence-corrected chi connectivity index (χ2v) is 8.62. The molecule has 8 heteroatoms. The number of amides is 1. The summed E-state index contributed by atoms with van der Waals surface area (Å²) in [6.07, 6.45) is 1.78. The Hall–Kier alpha value is -4.30. The van der Waals surface area contributed by atoms with Gasteiger partial charge in [0.05, 0.1) is 27.8 Å². The van der Waals surface area contributed by atoms with E-state index in [1.807, 2.05) is 60.7 Å². The summed E-state index contributed by atoms with van der Waals surface area (Å²) in [6, 6.07) is 23.4. The Morgan fingerprint density at radius 2 is 1.82 bits per heavy atom. The van der Waals surface area contributed by atoms with Crippen molar-refractivity contribution in [2.75, 3.05) is 5.32 Å². The van der Waals surface area contributed by atoms with Crippen LogP contribution in [0.5, 0.6) is 0 Å². The van der Waals surface area contributed by atoms with E-state index in [2.05, 4.69) is 36.6 Å². The Balaban J connectivity index is 1.21. The summed E-state index contributed by atoms with van der Waals surface area (Å²) in [5, 5.41) is 9.13. The van der Waals surface area contributed by atoms with Crippen LogP contribution in [-0.4, -0.2) is 25.8 Å². The molecule has 0 atom stereocenters. The molecule has 3 heterocycles. The second kappa shape index (κ2) is 7.99. The van der Waals surface area contributed by atoms with Crippen molar-refractivity contribution in [2.45, 2.75) is 6.54 Å². The zero-order chi connectivity index (χ0) is 22.2. The number of hydrogen-bond donors (Lipinski definition) is 3. The molecule has 0 spiro atoms. The van der Waals surface area contributed by atoms with Gasteiger partial charge < -0.3 is 15.6 Å². The lowest BCUT2D eigenvalue weighted by Crippen LogP contribution is -2.23. The van der Waals surface area contributed by atoms with E-state index in [0.717, 1.165) is 48.8 Å². The summed E-state index contributed by atoms with van der Waals surface area (Å²) in [7, 11) is 0. The smallest absolute Gasteiger partial charge is 0.251 e. The summed E-state index contributed by atoms with van der Waals surface area (Å²) in [5.74, 6) is 1.32. The van der Waals surface area contributed by atoms with Gasteiger partial charge in [0.15, 0.2) is 5.13 Å². The van der Waals surface area contributed by atoms with Gasteiger partial charge in [0.2, 0.25) is 0 Å². The van der Waals surface area contributed by atoms with Crippen molar-refractivity contribution in [1.29, 1.82) is 0 Å². The SMILES string of the molecule is O=C(NCc1nc2ccccc2[nH]1)c1ccc2nc(Nc3nccc4ccccc34)sc2c1. The van der Waals surface area contributed by atoms with Crippen LogP contribution in [-0.2, 0) is 6.54 Å². The lowest BCUT2D eigenvalue weighted by Gasteiger charge is -2.05. The number of fused-ring (bicyclic) bond motifs is 3. The Bertz CT molecular complexity index is 1600. The standard InChI is InChI=1S/C25H18N6OS/c32-24(27-14-22-28-18-7-3-4-8-19(18)29-22)16-9-10-20-21(13-16)33-25(30-20)31-23-17-6-2-1-5-15(17)11-12-26-23/h1-13H,14H2,(H,27,32)(H,28,29)(H,26,30,31). The van der Waals surface area contributed by atoms with Crippen molar-refractivity contribution in [3.8, 4) is 0 Å². The highest BCUT2D eigenvalue weighted by molar-refractivity contribution is 7.22. The number of nitrogens with one attached hydrogen (secondary N) is 3. The van der Waals surface area contributed by atoms with E-state index >= 15 is 0 Å². The first-order valence-corrected chi connectivity index (χ1v) is 11.3. The summed E-state index contributed by atoms with van der Waals surface area (Å²) in [6.45, 7) is 0.327. The van der Waals surface area contributed by atoms with E-state index in [1.54, 1.807) is 12.3 Å². The van der Waals surface area contributed by atoms with Gasteiger partial charge in [0.25, 0.3) is 5.91 Å². The van der Waals surface area contributed by atoms with Gasteiger partial charge in [-0.25, -0.2) is 15.0 Å². The molecule has 7 nitrogen and oxygen atoms in total. The lowest BCUT2D eigenvalue weighted by atomic mass is 10.1. The zero-order valence-electron chi connectivity index (χ0n) is 17.4. The number of nitrogens with zero attached hydrogens (tertiary/aromatic N) is 3. The van der Waals surface area contributed by atoms with Crippen LogP contribution in [0.15, 0.2) is 79.0 Å². The molecular formula is C25H18N6OS. The molecule has 0 aliphatic rings. The summed E-state index contributed by atoms with van der Waals surface area (Å²) < 4.78 is 0.925. The van der Waals surface area contributed by atoms with Crippen molar-refractivity contribution in [1.82, 2.24) is 25.3 Å². The van der Waals surface area contributed by atoms with E-state index in [0.29, 0.717) is 12.1 Å². The van der Waals surface area contributed by atoms with Crippen molar-refractivity contribution >= 4 is 60.2 Å². The molecule has 0 fully saturated rings. The molecule has 160 valence electrons. The molecule has 0 saturated carbocycles. The van der Waals surface area contributed by atoms with Crippen LogP contribution in [0.25, 0.3) is 32.0 Å². The van der Waals surface area contributed by atoms with E-state index in [4.69, 9.17) is 0 Å². The van der Waals surface area contributed by atoms with Gasteiger partial charge in [-0.2, -0.15) is 0 Å². The monoisotopic (exact) mass is 450 g/mol. The van der Waals surface area contributed by atoms with Crippen LogP contribution < -0.4 is 10.6 Å². The van der Waals surface area contributed by atoms with E-state index in [9.17, 15) is 4.79 Å². The molecule has 0 aliphatic heterocycles. The van der Waals surface area contributed by atoms with Gasteiger partial charge in [-0.3, -0.25) is 4.79 Å². The Kier molecular flexibility index (Phi) is 4.70. The normalized spacial score (nSPS) is 11.3. The molecule has 1 amide bonds. The number of carbonyl (C=O) groups excluding carboxylic acids is 1. The van der Waals surface area contributed by atoms with E-state index in [-0.39, 0.29) is 5.91 Å². The Morgan fingerprint density at radius 3 is 2.76 bits per heavy atom. The number of aromatic nitrogens is 4. The maximum atomic E-state index is 12.7. The number of thiazole rings is 1. The Labute approximate surface area is 192 Å². The van der Waals surface area contributed by atoms with E-state index < -0.39 is 0 Å². The minimum Gasteiger partial charge on any atom is -0.345 e. The summed E-state index contributed by atoms with van der Waals surface area (Å²) >= 11 is 1.49. The number of carbonyl (C=O) groups is 1. The van der Waals surface area contributed by atoms with Gasteiger partial charge >= 0.3 is 0 Å². The minimum absolute atomic E-state index is 0.156. The fourth-order valence-electron chi connectivity index (χ4n) is 3.80. The maximum absolute atomic E-state index is 12.7. The van der Waals surface area contributed by atoms with Gasteiger partial charge in [0, 0.05) is 17.1 Å². The number of pyridine rings is 1. The number of rotatable bonds is 5. The number of hydrogen-bond acceptors (Lipinski definition) is 6. The van der Waals surface area contributed by atoms with Crippen molar-refractivity contribution in [3.05, 3.63) is 90.4 Å². The average molecular weight is 451 g/mol. The van der Waals surface area contributed by atoms with Gasteiger partial charge in [-0.1, -0.05) is 47.7 Å². The number of anilines is 2. The van der Waals surface area contributed by atoms with Crippen molar-refractivity contribution in [3.63, 3.8) is 0 Å². The van der Waals surface area contributed by atoms with Crippen LogP contribution in [0.1, 0.15) is 16.2 Å².